The number of aliphatic hydroxyl groups is 1. The van der Waals surface area contributed by atoms with Gasteiger partial charge in [-0.3, -0.25) is 0 Å². The lowest BCUT2D eigenvalue weighted by atomic mass is 9.76. The molecule has 0 fully saturated rings. The Hall–Kier alpha value is -4.68. The van der Waals surface area contributed by atoms with Crippen molar-refractivity contribution in [1.82, 2.24) is 15.0 Å². The van der Waals surface area contributed by atoms with E-state index in [0.717, 1.165) is 24.5 Å². The number of nitrogens with zero attached hydrogens (tertiary/aromatic N) is 2. The highest BCUT2D eigenvalue weighted by atomic mass is 19.1. The van der Waals surface area contributed by atoms with E-state index in [2.05, 4.69) is 21.0 Å². The molecule has 0 saturated heterocycles. The van der Waals surface area contributed by atoms with Gasteiger partial charge in [0.2, 0.25) is 0 Å². The first-order valence-electron chi connectivity index (χ1n) is 13.0. The number of rotatable bonds is 9. The minimum absolute atomic E-state index is 0.0701. The molecule has 9 heteroatoms. The summed E-state index contributed by atoms with van der Waals surface area (Å²) < 4.78 is 44.7. The molecule has 0 aliphatic heterocycles. The summed E-state index contributed by atoms with van der Waals surface area (Å²) >= 11 is 0. The van der Waals surface area contributed by atoms with E-state index in [1.807, 2.05) is 31.2 Å². The van der Waals surface area contributed by atoms with Gasteiger partial charge in [-0.05, 0) is 54.3 Å². The summed E-state index contributed by atoms with van der Waals surface area (Å²) in [6.07, 6.45) is 5.04. The number of aryl methyl sites for hydroxylation is 1. The van der Waals surface area contributed by atoms with Crippen LogP contribution in [0.25, 0.3) is 22.3 Å². The number of aromatic nitrogens is 3. The average Bonchev–Trinajstić information content (AvgIpc) is 3.67. The van der Waals surface area contributed by atoms with Crippen molar-refractivity contribution in [1.29, 1.82) is 5.26 Å². The van der Waals surface area contributed by atoms with Crippen molar-refractivity contribution in [3.05, 3.63) is 112 Å². The zero-order chi connectivity index (χ0) is 29.6. The van der Waals surface area contributed by atoms with E-state index in [1.54, 1.807) is 18.5 Å². The van der Waals surface area contributed by atoms with Crippen LogP contribution in [0.15, 0.2) is 67.0 Å². The van der Waals surface area contributed by atoms with Gasteiger partial charge >= 0.3 is 0 Å². The van der Waals surface area contributed by atoms with Crippen LogP contribution >= 0.6 is 0 Å². The van der Waals surface area contributed by atoms with E-state index < -0.39 is 22.9 Å². The predicted octanol–water partition coefficient (Wildman–Crippen LogP) is 6.53. The Labute approximate surface area is 235 Å². The molecule has 3 aromatic carbocycles. The molecule has 0 spiro atoms. The number of benzene rings is 3. The lowest BCUT2D eigenvalue weighted by Crippen LogP contribution is -2.24. The quantitative estimate of drug-likeness (QED) is 0.179. The van der Waals surface area contributed by atoms with Gasteiger partial charge in [-0.25, -0.2) is 18.2 Å². The fraction of sp³-hybridized carbons (Fsp3) is 0.219. The van der Waals surface area contributed by atoms with Crippen LogP contribution in [0.4, 0.5) is 13.2 Å². The summed E-state index contributed by atoms with van der Waals surface area (Å²) in [6.45, 7) is 1.90. The maximum atomic E-state index is 15.0. The van der Waals surface area contributed by atoms with Crippen LogP contribution in [0.1, 0.15) is 47.7 Å². The van der Waals surface area contributed by atoms with Crippen molar-refractivity contribution in [2.45, 2.75) is 38.0 Å². The van der Waals surface area contributed by atoms with Crippen LogP contribution < -0.4 is 0 Å². The van der Waals surface area contributed by atoms with Crippen molar-refractivity contribution in [2.75, 3.05) is 7.11 Å². The summed E-state index contributed by atoms with van der Waals surface area (Å²) in [5, 5.41) is 16.9. The maximum absolute atomic E-state index is 15.0. The molecule has 2 heterocycles. The van der Waals surface area contributed by atoms with Gasteiger partial charge in [0.1, 0.15) is 29.6 Å². The van der Waals surface area contributed by atoms with Crippen LogP contribution in [0.2, 0.25) is 0 Å². The number of hydrogen-bond acceptors (Lipinski definition) is 4. The number of halogens is 3. The number of hydrogen-bond donors (Lipinski definition) is 3. The molecule has 210 valence electrons. The van der Waals surface area contributed by atoms with E-state index in [9.17, 15) is 18.8 Å². The molecule has 0 bridgehead atoms. The molecule has 5 rings (SSSR count). The monoisotopic (exact) mass is 558 g/mol. The first-order chi connectivity index (χ1) is 19.8. The highest BCUT2D eigenvalue weighted by Crippen LogP contribution is 2.36. The number of aromatic amines is 2. The third-order valence-electron chi connectivity index (χ3n) is 7.22. The third kappa shape index (κ3) is 5.93. The fourth-order valence-corrected chi connectivity index (χ4v) is 4.95. The second kappa shape index (κ2) is 12.7. The molecule has 0 aliphatic rings. The van der Waals surface area contributed by atoms with Gasteiger partial charge in [-0.15, -0.1) is 0 Å². The summed E-state index contributed by atoms with van der Waals surface area (Å²) in [7, 11) is 1.00. The Balaban J connectivity index is 0.00000189. The lowest BCUT2D eigenvalue weighted by molar-refractivity contribution is -0.107. The SMILES string of the molecule is CC(CC#N)(c1cccc(CCC=O)c1)c1cnc(-c2cc(Cc3c(F)cc4[nH]ccc4c3F)ccc2F)[nH]1.CO. The van der Waals surface area contributed by atoms with E-state index in [4.69, 9.17) is 5.11 Å². The Morgan fingerprint density at radius 2 is 1.85 bits per heavy atom. The minimum atomic E-state index is -0.774. The number of carbonyl (C=O) groups is 1. The van der Waals surface area contributed by atoms with E-state index in [0.29, 0.717) is 29.6 Å². The summed E-state index contributed by atoms with van der Waals surface area (Å²) in [5.74, 6) is -1.64. The number of carbonyl (C=O) groups excluding carboxylic acids is 1. The molecular weight excluding hydrogens is 529 g/mol. The number of aldehydes is 1. The van der Waals surface area contributed by atoms with Gasteiger partial charge < -0.3 is 19.9 Å². The second-order valence-corrected chi connectivity index (χ2v) is 9.80. The van der Waals surface area contributed by atoms with Gasteiger partial charge in [0, 0.05) is 54.4 Å². The number of aliphatic hydroxyl groups excluding tert-OH is 1. The van der Waals surface area contributed by atoms with Gasteiger partial charge in [0.25, 0.3) is 0 Å². The Kier molecular flexibility index (Phi) is 9.05. The van der Waals surface area contributed by atoms with Crippen LogP contribution in [0, 0.1) is 28.8 Å². The summed E-state index contributed by atoms with van der Waals surface area (Å²) in [5.41, 5.74) is 2.61. The average molecular weight is 559 g/mol. The second-order valence-electron chi connectivity index (χ2n) is 9.80. The number of H-pyrrole nitrogens is 2. The van der Waals surface area contributed by atoms with Gasteiger partial charge in [0.05, 0.1) is 23.6 Å². The van der Waals surface area contributed by atoms with E-state index in [1.165, 1.54) is 24.3 Å². The minimum Gasteiger partial charge on any atom is -0.400 e. The lowest BCUT2D eigenvalue weighted by Gasteiger charge is -2.27. The van der Waals surface area contributed by atoms with E-state index in [-0.39, 0.29) is 35.2 Å². The number of imidazole rings is 1. The van der Waals surface area contributed by atoms with Crippen LogP contribution in [-0.4, -0.2) is 33.5 Å². The first-order valence-corrected chi connectivity index (χ1v) is 13.0. The topological polar surface area (TPSA) is 106 Å². The Morgan fingerprint density at radius 1 is 1.05 bits per heavy atom. The van der Waals surface area contributed by atoms with Crippen LogP contribution in [0.3, 0.4) is 0 Å². The first kappa shape index (κ1) is 29.3. The molecule has 41 heavy (non-hydrogen) atoms. The van der Waals surface area contributed by atoms with Crippen molar-refractivity contribution >= 4 is 17.2 Å². The maximum Gasteiger partial charge on any atom is 0.140 e. The van der Waals surface area contributed by atoms with Crippen LogP contribution in [-0.2, 0) is 23.1 Å². The highest BCUT2D eigenvalue weighted by molar-refractivity contribution is 5.81. The Morgan fingerprint density at radius 3 is 2.61 bits per heavy atom. The fourth-order valence-electron chi connectivity index (χ4n) is 4.95. The molecule has 0 saturated carbocycles. The van der Waals surface area contributed by atoms with Gasteiger partial charge in [0.15, 0.2) is 0 Å². The number of nitrogens with one attached hydrogen (secondary N) is 2. The van der Waals surface area contributed by atoms with Crippen molar-refractivity contribution in [3.8, 4) is 17.5 Å². The van der Waals surface area contributed by atoms with Gasteiger partial charge in [-0.2, -0.15) is 5.26 Å². The normalized spacial score (nSPS) is 12.3. The molecule has 2 aromatic heterocycles. The number of fused-ring (bicyclic) bond motifs is 1. The third-order valence-corrected chi connectivity index (χ3v) is 7.22. The summed E-state index contributed by atoms with van der Waals surface area (Å²) in [6, 6.07) is 17.0. The van der Waals surface area contributed by atoms with Gasteiger partial charge in [-0.1, -0.05) is 30.3 Å². The molecule has 6 nitrogen and oxygen atoms in total. The standard InChI is InChI=1S/C31H25F3N4O.CH4O/c1-31(10-11-35,21-6-2-4-19(14-21)5-3-13-39)28-18-37-30(38-28)24-16-20(7-8-25(24)32)15-23-26(33)17-27-22(29(23)34)9-12-36-27;1-2/h2,4,6-9,12-14,16-18,36H,3,5,10,15H2,1H3,(H,37,38);2H,1H3. The smallest absolute Gasteiger partial charge is 0.140 e. The van der Waals surface area contributed by atoms with E-state index >= 15 is 4.39 Å². The highest BCUT2D eigenvalue weighted by Gasteiger charge is 2.31. The molecule has 5 aromatic rings. The summed E-state index contributed by atoms with van der Waals surface area (Å²) in [4.78, 5) is 21.2. The molecule has 1 unspecified atom stereocenters. The zero-order valence-corrected chi connectivity index (χ0v) is 22.6. The molecule has 0 amide bonds. The molecule has 0 radical (unpaired) electrons. The Bertz CT molecular complexity index is 1720. The van der Waals surface area contributed by atoms with Crippen molar-refractivity contribution < 1.29 is 23.1 Å². The predicted molar refractivity (Wildman–Crippen MR) is 151 cm³/mol. The number of nitriles is 1. The zero-order valence-electron chi connectivity index (χ0n) is 22.6. The molecule has 0 aliphatic carbocycles. The van der Waals surface area contributed by atoms with Crippen molar-refractivity contribution in [3.63, 3.8) is 0 Å². The van der Waals surface area contributed by atoms with Crippen molar-refractivity contribution in [2.24, 2.45) is 0 Å². The molecular formula is C32H29F3N4O2. The molecule has 1 atom stereocenters. The largest absolute Gasteiger partial charge is 0.400 e. The molecule has 3 N–H and O–H groups in total. The van der Waals surface area contributed by atoms with Crippen LogP contribution in [0.5, 0.6) is 0 Å².